The maximum atomic E-state index is 12.3. The molecule has 0 fully saturated rings. The Morgan fingerprint density at radius 2 is 1.96 bits per heavy atom. The Balaban J connectivity index is 2.10. The lowest BCUT2D eigenvalue weighted by Crippen LogP contribution is -2.13. The molecule has 0 aliphatic heterocycles. The van der Waals surface area contributed by atoms with Crippen LogP contribution in [0.3, 0.4) is 0 Å². The number of ether oxygens (including phenoxy) is 1. The van der Waals surface area contributed by atoms with Crippen LogP contribution in [0.1, 0.15) is 27.7 Å². The van der Waals surface area contributed by atoms with E-state index in [9.17, 15) is 9.59 Å². The van der Waals surface area contributed by atoms with E-state index in [4.69, 9.17) is 10.00 Å². The molecule has 1 aromatic heterocycles. The van der Waals surface area contributed by atoms with Gasteiger partial charge in [-0.05, 0) is 50.2 Å². The minimum atomic E-state index is -0.440. The summed E-state index contributed by atoms with van der Waals surface area (Å²) in [7, 11) is 0. The molecule has 26 heavy (non-hydrogen) atoms. The standard InChI is InChI=1S/C18H18N2O3S3/c1-4-23-18(22)16-12(3)15(25-10-19)17(26-16)20-14(21)9-24-13-7-5-11(2)6-8-13/h5-8H,4,9H2,1-3H3,(H,20,21). The number of thioether (sulfide) groups is 2. The monoisotopic (exact) mass is 406 g/mol. The number of nitrogens with one attached hydrogen (secondary N) is 1. The van der Waals surface area contributed by atoms with Crippen LogP contribution in [0.4, 0.5) is 5.00 Å². The van der Waals surface area contributed by atoms with Gasteiger partial charge in [-0.25, -0.2) is 4.79 Å². The summed E-state index contributed by atoms with van der Waals surface area (Å²) < 4.78 is 5.04. The number of thiocyanates is 1. The first-order chi connectivity index (χ1) is 12.5. The summed E-state index contributed by atoms with van der Waals surface area (Å²) >= 11 is 3.50. The van der Waals surface area contributed by atoms with Crippen molar-refractivity contribution in [1.82, 2.24) is 0 Å². The van der Waals surface area contributed by atoms with E-state index in [1.54, 1.807) is 13.8 Å². The van der Waals surface area contributed by atoms with E-state index in [0.717, 1.165) is 33.6 Å². The zero-order chi connectivity index (χ0) is 19.1. The number of nitriles is 1. The topological polar surface area (TPSA) is 79.2 Å². The fraction of sp³-hybridized carbons (Fsp3) is 0.278. The third-order valence-electron chi connectivity index (χ3n) is 3.34. The second kappa shape index (κ2) is 9.67. The number of carbonyl (C=O) groups is 2. The molecule has 2 aromatic rings. The minimum Gasteiger partial charge on any atom is -0.462 e. The maximum absolute atomic E-state index is 12.3. The molecule has 0 aliphatic rings. The Kier molecular flexibility index (Phi) is 7.57. The largest absolute Gasteiger partial charge is 0.462 e. The van der Waals surface area contributed by atoms with Gasteiger partial charge in [-0.1, -0.05) is 17.7 Å². The molecule has 1 N–H and O–H groups in total. The lowest BCUT2D eigenvalue weighted by Gasteiger charge is -2.05. The summed E-state index contributed by atoms with van der Waals surface area (Å²) in [6.07, 6.45) is 0. The highest BCUT2D eigenvalue weighted by Crippen LogP contribution is 2.40. The molecule has 0 saturated carbocycles. The molecular weight excluding hydrogens is 388 g/mol. The van der Waals surface area contributed by atoms with Crippen LogP contribution in [0.15, 0.2) is 34.1 Å². The summed E-state index contributed by atoms with van der Waals surface area (Å²) in [4.78, 5) is 26.3. The smallest absolute Gasteiger partial charge is 0.348 e. The third kappa shape index (κ3) is 5.27. The van der Waals surface area contributed by atoms with Crippen LogP contribution >= 0.6 is 34.9 Å². The molecule has 0 saturated heterocycles. The number of hydrogen-bond acceptors (Lipinski definition) is 7. The summed E-state index contributed by atoms with van der Waals surface area (Å²) in [5.41, 5.74) is 1.82. The van der Waals surface area contributed by atoms with Gasteiger partial charge in [0.1, 0.15) is 15.3 Å². The second-order valence-corrected chi connectivity index (χ2v) is 8.14. The Morgan fingerprint density at radius 1 is 1.27 bits per heavy atom. The van der Waals surface area contributed by atoms with Crippen molar-refractivity contribution in [2.75, 3.05) is 17.7 Å². The van der Waals surface area contributed by atoms with Gasteiger partial charge in [-0.2, -0.15) is 5.26 Å². The predicted octanol–water partition coefficient (Wildman–Crippen LogP) is 4.85. The Bertz CT molecular complexity index is 839. The highest BCUT2D eigenvalue weighted by atomic mass is 32.2. The molecule has 0 unspecified atom stereocenters. The molecule has 0 bridgehead atoms. The van der Waals surface area contributed by atoms with Gasteiger partial charge in [0.15, 0.2) is 0 Å². The Hall–Kier alpha value is -1.95. The van der Waals surface area contributed by atoms with Crippen LogP contribution in [0.5, 0.6) is 0 Å². The van der Waals surface area contributed by atoms with Crippen molar-refractivity contribution in [3.63, 3.8) is 0 Å². The number of hydrogen-bond donors (Lipinski definition) is 1. The first-order valence-corrected chi connectivity index (χ1v) is 10.4. The number of benzene rings is 1. The average molecular weight is 407 g/mol. The minimum absolute atomic E-state index is 0.188. The van der Waals surface area contributed by atoms with Crippen LogP contribution in [0, 0.1) is 24.5 Å². The quantitative estimate of drug-likeness (QED) is 0.402. The molecule has 5 nitrogen and oxygen atoms in total. The van der Waals surface area contributed by atoms with Gasteiger partial charge in [0, 0.05) is 4.90 Å². The summed E-state index contributed by atoms with van der Waals surface area (Å²) in [5.74, 6) is -0.387. The number of nitrogens with zero attached hydrogens (tertiary/aromatic N) is 1. The van der Waals surface area contributed by atoms with E-state index >= 15 is 0 Å². The Morgan fingerprint density at radius 3 is 2.58 bits per heavy atom. The van der Waals surface area contributed by atoms with Crippen LogP contribution in [-0.2, 0) is 9.53 Å². The van der Waals surface area contributed by atoms with Crippen molar-refractivity contribution in [1.29, 1.82) is 5.26 Å². The van der Waals surface area contributed by atoms with Gasteiger partial charge in [0.2, 0.25) is 5.91 Å². The fourth-order valence-corrected chi connectivity index (χ4v) is 4.60. The Labute approximate surface area is 165 Å². The highest BCUT2D eigenvalue weighted by molar-refractivity contribution is 8.04. The van der Waals surface area contributed by atoms with Crippen molar-refractivity contribution in [3.8, 4) is 5.40 Å². The highest BCUT2D eigenvalue weighted by Gasteiger charge is 2.22. The van der Waals surface area contributed by atoms with Gasteiger partial charge >= 0.3 is 5.97 Å². The molecule has 0 spiro atoms. The molecule has 136 valence electrons. The maximum Gasteiger partial charge on any atom is 0.348 e. The molecule has 0 aliphatic carbocycles. The second-order valence-electron chi connectivity index (χ2n) is 5.28. The van der Waals surface area contributed by atoms with Crippen LogP contribution in [0.2, 0.25) is 0 Å². The van der Waals surface area contributed by atoms with E-state index in [1.807, 2.05) is 36.6 Å². The zero-order valence-corrected chi connectivity index (χ0v) is 17.1. The average Bonchev–Trinajstić information content (AvgIpc) is 2.91. The van der Waals surface area contributed by atoms with Crippen molar-refractivity contribution < 1.29 is 14.3 Å². The lowest BCUT2D eigenvalue weighted by atomic mass is 10.2. The number of amides is 1. The number of esters is 1. The van der Waals surface area contributed by atoms with Crippen molar-refractivity contribution >= 4 is 51.7 Å². The van der Waals surface area contributed by atoms with Gasteiger partial charge in [0.05, 0.1) is 17.3 Å². The van der Waals surface area contributed by atoms with Crippen LogP contribution < -0.4 is 5.32 Å². The molecule has 0 atom stereocenters. The first-order valence-electron chi connectivity index (χ1n) is 7.82. The first kappa shape index (κ1) is 20.4. The summed E-state index contributed by atoms with van der Waals surface area (Å²) in [5, 5.41) is 14.3. The van der Waals surface area contributed by atoms with Crippen molar-refractivity contribution in [3.05, 3.63) is 40.3 Å². The van der Waals surface area contributed by atoms with E-state index in [0.29, 0.717) is 20.3 Å². The number of thiophene rings is 1. The van der Waals surface area contributed by atoms with E-state index in [1.165, 1.54) is 11.8 Å². The summed E-state index contributed by atoms with van der Waals surface area (Å²) in [6.45, 7) is 5.76. The summed E-state index contributed by atoms with van der Waals surface area (Å²) in [6, 6.07) is 7.93. The predicted molar refractivity (Wildman–Crippen MR) is 107 cm³/mol. The number of rotatable bonds is 7. The third-order valence-corrected chi connectivity index (χ3v) is 6.48. The molecule has 1 heterocycles. The van der Waals surface area contributed by atoms with E-state index in [-0.39, 0.29) is 18.3 Å². The van der Waals surface area contributed by atoms with Crippen LogP contribution in [-0.4, -0.2) is 24.2 Å². The zero-order valence-electron chi connectivity index (χ0n) is 14.6. The molecule has 1 amide bonds. The molecule has 1 aromatic carbocycles. The van der Waals surface area contributed by atoms with Gasteiger partial charge in [-0.3, -0.25) is 4.79 Å². The molecular formula is C18H18N2O3S3. The van der Waals surface area contributed by atoms with E-state index < -0.39 is 5.97 Å². The van der Waals surface area contributed by atoms with Crippen LogP contribution in [0.25, 0.3) is 0 Å². The van der Waals surface area contributed by atoms with E-state index in [2.05, 4.69) is 5.32 Å². The number of aryl methyl sites for hydroxylation is 1. The van der Waals surface area contributed by atoms with Crippen molar-refractivity contribution in [2.45, 2.75) is 30.6 Å². The number of carbonyl (C=O) groups excluding carboxylic acids is 2. The normalized spacial score (nSPS) is 10.2. The van der Waals surface area contributed by atoms with Gasteiger partial charge in [0.25, 0.3) is 0 Å². The van der Waals surface area contributed by atoms with Crippen molar-refractivity contribution in [2.24, 2.45) is 0 Å². The number of anilines is 1. The fourth-order valence-electron chi connectivity index (χ4n) is 2.09. The van der Waals surface area contributed by atoms with Gasteiger partial charge in [-0.15, -0.1) is 23.1 Å². The molecule has 0 radical (unpaired) electrons. The molecule has 8 heteroatoms. The van der Waals surface area contributed by atoms with Gasteiger partial charge < -0.3 is 10.1 Å². The SMILES string of the molecule is CCOC(=O)c1sc(NC(=O)CSc2ccc(C)cc2)c(SC#N)c1C. The molecule has 2 rings (SSSR count). The lowest BCUT2D eigenvalue weighted by molar-refractivity contribution is -0.113.